The molecule has 0 aromatic heterocycles. The Labute approximate surface area is 218 Å². The van der Waals surface area contributed by atoms with E-state index in [2.05, 4.69) is 11.4 Å². The van der Waals surface area contributed by atoms with Gasteiger partial charge in [0.1, 0.15) is 6.61 Å². The van der Waals surface area contributed by atoms with Gasteiger partial charge in [0.2, 0.25) is 0 Å². The fourth-order valence-corrected chi connectivity index (χ4v) is 4.38. The number of phosphoric acid groups is 1. The zero-order valence-corrected chi connectivity index (χ0v) is 23.7. The average molecular weight is 538 g/mol. The summed E-state index contributed by atoms with van der Waals surface area (Å²) in [6, 6.07) is 0. The monoisotopic (exact) mass is 537 g/mol. The van der Waals surface area contributed by atoms with Crippen molar-refractivity contribution in [2.45, 2.75) is 129 Å². The maximum Gasteiger partial charge on any atom is 0.472 e. The van der Waals surface area contributed by atoms with Crippen LogP contribution in [-0.2, 0) is 32.7 Å². The number of unbranched alkanes of at least 4 members (excludes halogenated alkanes) is 13. The van der Waals surface area contributed by atoms with Crippen molar-refractivity contribution in [3.8, 4) is 0 Å². The number of carbonyl (C=O) groups excluding carboxylic acids is 2. The van der Waals surface area contributed by atoms with Gasteiger partial charge in [-0.2, -0.15) is 0 Å². The van der Waals surface area contributed by atoms with Crippen LogP contribution in [0.15, 0.2) is 0 Å². The molecule has 9 nitrogen and oxygen atoms in total. The number of ether oxygens (including phenoxy) is 2. The summed E-state index contributed by atoms with van der Waals surface area (Å²) in [5, 5.41) is 0. The molecule has 0 aliphatic rings. The molecule has 3 N–H and O–H groups in total. The highest BCUT2D eigenvalue weighted by Gasteiger charge is 2.25. The molecule has 2 atom stereocenters. The number of rotatable bonds is 26. The van der Waals surface area contributed by atoms with Gasteiger partial charge >= 0.3 is 19.8 Å². The van der Waals surface area contributed by atoms with Crippen molar-refractivity contribution >= 4 is 19.8 Å². The Balaban J connectivity index is 4.06. The van der Waals surface area contributed by atoms with Crippen LogP contribution < -0.4 is 5.73 Å². The van der Waals surface area contributed by atoms with E-state index in [1.807, 2.05) is 6.92 Å². The number of carbonyl (C=O) groups is 2. The lowest BCUT2D eigenvalue weighted by atomic mass is 10.0. The maximum atomic E-state index is 12.1. The number of nitrogens with two attached hydrogens (primary N) is 1. The van der Waals surface area contributed by atoms with Gasteiger partial charge < -0.3 is 20.1 Å². The summed E-state index contributed by atoms with van der Waals surface area (Å²) in [6.45, 7) is 3.42. The van der Waals surface area contributed by atoms with Gasteiger partial charge in [-0.15, -0.1) is 0 Å². The van der Waals surface area contributed by atoms with Gasteiger partial charge in [0, 0.05) is 19.4 Å². The van der Waals surface area contributed by atoms with Crippen LogP contribution in [0.5, 0.6) is 0 Å². The standard InChI is InChI=1S/C26H52NO8P/c1-3-5-7-8-9-10-11-12-13-14-15-16-17-19-25(28)32-22-24(35-26(29)18-6-4-2)23-34-36(30,31)33-21-20-27/h24H,3-23,27H2,1-2H3,(H,30,31)/t24-/m1/s1. The average Bonchev–Trinajstić information content (AvgIpc) is 2.86. The molecule has 0 saturated heterocycles. The lowest BCUT2D eigenvalue weighted by Crippen LogP contribution is -2.29. The number of hydrogen-bond acceptors (Lipinski definition) is 8. The van der Waals surface area contributed by atoms with Crippen LogP contribution in [0.3, 0.4) is 0 Å². The van der Waals surface area contributed by atoms with Crippen LogP contribution >= 0.6 is 7.82 Å². The van der Waals surface area contributed by atoms with E-state index < -0.39 is 26.5 Å². The predicted octanol–water partition coefficient (Wildman–Crippen LogP) is 6.21. The van der Waals surface area contributed by atoms with Crippen molar-refractivity contribution < 1.29 is 37.6 Å². The first kappa shape index (κ1) is 35.0. The largest absolute Gasteiger partial charge is 0.472 e. The predicted molar refractivity (Wildman–Crippen MR) is 141 cm³/mol. The molecule has 0 aliphatic heterocycles. The fourth-order valence-electron chi connectivity index (χ4n) is 3.61. The Morgan fingerprint density at radius 2 is 1.22 bits per heavy atom. The first-order valence-electron chi connectivity index (χ1n) is 14.0. The molecule has 0 amide bonds. The third-order valence-corrected chi connectivity index (χ3v) is 6.73. The van der Waals surface area contributed by atoms with E-state index in [1.54, 1.807) is 0 Å². The molecule has 0 aromatic carbocycles. The highest BCUT2D eigenvalue weighted by atomic mass is 31.2. The molecule has 0 rings (SSSR count). The summed E-state index contributed by atoms with van der Waals surface area (Å²) in [5.41, 5.74) is 5.25. The minimum Gasteiger partial charge on any atom is -0.462 e. The third kappa shape index (κ3) is 23.4. The summed E-state index contributed by atoms with van der Waals surface area (Å²) in [4.78, 5) is 33.7. The van der Waals surface area contributed by atoms with E-state index in [0.29, 0.717) is 6.42 Å². The summed E-state index contributed by atoms with van der Waals surface area (Å²) in [5.74, 6) is -0.868. The van der Waals surface area contributed by atoms with Gasteiger partial charge in [0.05, 0.1) is 13.2 Å². The zero-order valence-electron chi connectivity index (χ0n) is 22.8. The molecule has 36 heavy (non-hydrogen) atoms. The van der Waals surface area contributed by atoms with Crippen molar-refractivity contribution in [2.24, 2.45) is 5.73 Å². The highest BCUT2D eigenvalue weighted by molar-refractivity contribution is 7.47. The van der Waals surface area contributed by atoms with Gasteiger partial charge in [0.25, 0.3) is 0 Å². The third-order valence-electron chi connectivity index (χ3n) is 5.74. The molecule has 10 heteroatoms. The van der Waals surface area contributed by atoms with Crippen LogP contribution in [-0.4, -0.2) is 49.3 Å². The first-order valence-corrected chi connectivity index (χ1v) is 15.5. The molecule has 0 saturated carbocycles. The lowest BCUT2D eigenvalue weighted by Gasteiger charge is -2.19. The molecule has 0 bridgehead atoms. The Kier molecular flexibility index (Phi) is 23.7. The normalized spacial score (nSPS) is 13.8. The van der Waals surface area contributed by atoms with Crippen molar-refractivity contribution in [3.05, 3.63) is 0 Å². The lowest BCUT2D eigenvalue weighted by molar-refractivity contribution is -0.161. The van der Waals surface area contributed by atoms with E-state index in [4.69, 9.17) is 19.7 Å². The number of hydrogen-bond donors (Lipinski definition) is 2. The van der Waals surface area contributed by atoms with Crippen LogP contribution in [0, 0.1) is 0 Å². The van der Waals surface area contributed by atoms with E-state index in [9.17, 15) is 19.0 Å². The van der Waals surface area contributed by atoms with Crippen LogP contribution in [0.1, 0.15) is 123 Å². The maximum absolute atomic E-state index is 12.1. The summed E-state index contributed by atoms with van der Waals surface area (Å²) >= 11 is 0. The van der Waals surface area contributed by atoms with Crippen molar-refractivity contribution in [2.75, 3.05) is 26.4 Å². The zero-order chi connectivity index (χ0) is 26.9. The van der Waals surface area contributed by atoms with Gasteiger partial charge in [0.15, 0.2) is 6.10 Å². The minimum absolute atomic E-state index is 0.0557. The fraction of sp³-hybridized carbons (Fsp3) is 0.923. The van der Waals surface area contributed by atoms with Gasteiger partial charge in [-0.05, 0) is 12.8 Å². The second-order valence-electron chi connectivity index (χ2n) is 9.28. The van der Waals surface area contributed by atoms with E-state index in [0.717, 1.165) is 25.7 Å². The van der Waals surface area contributed by atoms with Crippen molar-refractivity contribution in [3.63, 3.8) is 0 Å². The molecular formula is C26H52NO8P. The van der Waals surface area contributed by atoms with Crippen LogP contribution in [0.25, 0.3) is 0 Å². The minimum atomic E-state index is -4.33. The van der Waals surface area contributed by atoms with Gasteiger partial charge in [-0.1, -0.05) is 97.3 Å². The topological polar surface area (TPSA) is 134 Å². The molecule has 0 fully saturated rings. The smallest absolute Gasteiger partial charge is 0.462 e. The molecule has 0 aromatic rings. The number of esters is 2. The Morgan fingerprint density at radius 1 is 0.722 bits per heavy atom. The van der Waals surface area contributed by atoms with Crippen LogP contribution in [0.4, 0.5) is 0 Å². The Bertz CT molecular complexity index is 590. The Morgan fingerprint density at radius 3 is 1.75 bits per heavy atom. The quantitative estimate of drug-likeness (QED) is 0.0750. The second-order valence-corrected chi connectivity index (χ2v) is 10.7. The second kappa shape index (κ2) is 24.4. The van der Waals surface area contributed by atoms with Crippen LogP contribution in [0.2, 0.25) is 0 Å². The van der Waals surface area contributed by atoms with Gasteiger partial charge in [-0.25, -0.2) is 4.57 Å². The first-order chi connectivity index (χ1) is 17.3. The number of phosphoric ester groups is 1. The summed E-state index contributed by atoms with van der Waals surface area (Å²) in [7, 11) is -4.33. The van der Waals surface area contributed by atoms with E-state index in [-0.39, 0.29) is 38.6 Å². The van der Waals surface area contributed by atoms with Gasteiger partial charge in [-0.3, -0.25) is 18.6 Å². The molecule has 0 radical (unpaired) electrons. The molecule has 0 spiro atoms. The molecule has 1 unspecified atom stereocenters. The molecule has 214 valence electrons. The molecule has 0 aliphatic carbocycles. The molecule has 0 heterocycles. The molecular weight excluding hydrogens is 485 g/mol. The van der Waals surface area contributed by atoms with Crippen molar-refractivity contribution in [1.82, 2.24) is 0 Å². The Hall–Kier alpha value is -0.990. The summed E-state index contributed by atoms with van der Waals surface area (Å²) in [6.07, 6.45) is 16.9. The van der Waals surface area contributed by atoms with Crippen molar-refractivity contribution in [1.29, 1.82) is 0 Å². The van der Waals surface area contributed by atoms with E-state index in [1.165, 1.54) is 64.2 Å². The SMILES string of the molecule is CCCCCCCCCCCCCCCC(=O)OC[C@H](COP(=O)(O)OCCN)OC(=O)CCCC. The highest BCUT2D eigenvalue weighted by Crippen LogP contribution is 2.43. The summed E-state index contributed by atoms with van der Waals surface area (Å²) < 4.78 is 31.9. The van der Waals surface area contributed by atoms with E-state index >= 15 is 0 Å².